The average Bonchev–Trinajstić information content (AvgIpc) is 3.19. The Balaban J connectivity index is 1.59. The minimum atomic E-state index is -0.0218. The highest BCUT2D eigenvalue weighted by Gasteiger charge is 2.15. The Morgan fingerprint density at radius 3 is 2.67 bits per heavy atom. The van der Waals surface area contributed by atoms with Crippen molar-refractivity contribution in [2.45, 2.75) is 31.7 Å². The highest BCUT2D eigenvalue weighted by molar-refractivity contribution is 5.91. The van der Waals surface area contributed by atoms with E-state index < -0.39 is 0 Å². The van der Waals surface area contributed by atoms with E-state index in [0.717, 1.165) is 24.1 Å². The van der Waals surface area contributed by atoms with Gasteiger partial charge in [-0.2, -0.15) is 0 Å². The minimum absolute atomic E-state index is 0.0218. The van der Waals surface area contributed by atoms with Crippen LogP contribution < -0.4 is 5.32 Å². The van der Waals surface area contributed by atoms with Crippen LogP contribution in [0.3, 0.4) is 0 Å². The highest BCUT2D eigenvalue weighted by Crippen LogP contribution is 2.17. The van der Waals surface area contributed by atoms with Gasteiger partial charge in [-0.25, -0.2) is 4.68 Å². The molecule has 1 fully saturated rings. The molecule has 6 nitrogen and oxygen atoms in total. The lowest BCUT2D eigenvalue weighted by atomic mass is 10.2. The predicted octanol–water partition coefficient (Wildman–Crippen LogP) is 1.73. The van der Waals surface area contributed by atoms with Gasteiger partial charge in [0.05, 0.1) is 5.69 Å². The van der Waals surface area contributed by atoms with Crippen molar-refractivity contribution >= 4 is 12.0 Å². The molecule has 0 atom stereocenters. The summed E-state index contributed by atoms with van der Waals surface area (Å²) < 4.78 is 1.58. The Labute approximate surface area is 122 Å². The van der Waals surface area contributed by atoms with Crippen LogP contribution in [-0.2, 0) is 4.79 Å². The van der Waals surface area contributed by atoms with Crippen LogP contribution in [0.2, 0.25) is 0 Å². The Morgan fingerprint density at radius 2 is 2.00 bits per heavy atom. The predicted molar refractivity (Wildman–Crippen MR) is 78.6 cm³/mol. The van der Waals surface area contributed by atoms with Gasteiger partial charge in [-0.3, -0.25) is 4.79 Å². The zero-order valence-corrected chi connectivity index (χ0v) is 11.6. The van der Waals surface area contributed by atoms with Crippen molar-refractivity contribution in [1.82, 2.24) is 25.5 Å². The van der Waals surface area contributed by atoms with Crippen molar-refractivity contribution in [3.05, 3.63) is 42.2 Å². The largest absolute Gasteiger partial charge is 0.350 e. The van der Waals surface area contributed by atoms with Gasteiger partial charge < -0.3 is 5.32 Å². The van der Waals surface area contributed by atoms with Crippen molar-refractivity contribution in [3.8, 4) is 5.69 Å². The number of hydrogen-bond acceptors (Lipinski definition) is 4. The molecule has 1 heterocycles. The molecule has 1 saturated carbocycles. The maximum Gasteiger partial charge on any atom is 0.244 e. The fourth-order valence-corrected chi connectivity index (χ4v) is 2.51. The summed E-state index contributed by atoms with van der Waals surface area (Å²) in [6.45, 7) is 0. The molecule has 6 heteroatoms. The van der Waals surface area contributed by atoms with Gasteiger partial charge in [0.1, 0.15) is 6.33 Å². The molecule has 1 amide bonds. The number of benzene rings is 1. The van der Waals surface area contributed by atoms with Crippen LogP contribution in [0.25, 0.3) is 11.8 Å². The molecular formula is C15H17N5O. The fraction of sp³-hybridized carbons (Fsp3) is 0.333. The number of carbonyl (C=O) groups is 1. The molecule has 1 aliphatic carbocycles. The molecule has 3 rings (SSSR count). The maximum absolute atomic E-state index is 11.8. The lowest BCUT2D eigenvalue weighted by Crippen LogP contribution is -2.30. The van der Waals surface area contributed by atoms with Crippen LogP contribution >= 0.6 is 0 Å². The number of rotatable bonds is 4. The summed E-state index contributed by atoms with van der Waals surface area (Å²) in [7, 11) is 0. The summed E-state index contributed by atoms with van der Waals surface area (Å²) in [5.74, 6) is -0.0218. The normalized spacial score (nSPS) is 15.6. The standard InChI is InChI=1S/C15H17N5O/c21-15(17-13-3-1-2-4-13)10-7-12-5-8-14(9-6-12)20-11-16-18-19-20/h5-11,13H,1-4H2,(H,17,21)/b10-7+. The lowest BCUT2D eigenvalue weighted by molar-refractivity contribution is -0.117. The Hall–Kier alpha value is -2.50. The van der Waals surface area contributed by atoms with E-state index in [9.17, 15) is 4.79 Å². The maximum atomic E-state index is 11.8. The first-order valence-electron chi connectivity index (χ1n) is 7.13. The summed E-state index contributed by atoms with van der Waals surface area (Å²) >= 11 is 0. The molecule has 1 N–H and O–H groups in total. The van der Waals surface area contributed by atoms with Crippen molar-refractivity contribution in [1.29, 1.82) is 0 Å². The smallest absolute Gasteiger partial charge is 0.244 e. The third-order valence-electron chi connectivity index (χ3n) is 3.64. The second kappa shape index (κ2) is 6.30. The van der Waals surface area contributed by atoms with Crippen LogP contribution in [0.1, 0.15) is 31.2 Å². The van der Waals surface area contributed by atoms with Crippen molar-refractivity contribution in [2.75, 3.05) is 0 Å². The van der Waals surface area contributed by atoms with Gasteiger partial charge in [0.2, 0.25) is 5.91 Å². The van der Waals surface area contributed by atoms with E-state index in [0.29, 0.717) is 6.04 Å². The molecule has 0 spiro atoms. The molecule has 1 aliphatic rings. The first-order chi connectivity index (χ1) is 10.3. The number of hydrogen-bond donors (Lipinski definition) is 1. The third kappa shape index (κ3) is 3.53. The Bertz CT molecular complexity index is 612. The summed E-state index contributed by atoms with van der Waals surface area (Å²) in [4.78, 5) is 11.8. The lowest BCUT2D eigenvalue weighted by Gasteiger charge is -2.09. The third-order valence-corrected chi connectivity index (χ3v) is 3.64. The van der Waals surface area contributed by atoms with Crippen LogP contribution in [0.5, 0.6) is 0 Å². The number of tetrazole rings is 1. The van der Waals surface area contributed by atoms with Gasteiger partial charge in [-0.05, 0) is 47.0 Å². The number of carbonyl (C=O) groups excluding carboxylic acids is 1. The van der Waals surface area contributed by atoms with E-state index >= 15 is 0 Å². The van der Waals surface area contributed by atoms with Crippen LogP contribution in [0, 0.1) is 0 Å². The number of nitrogens with zero attached hydrogens (tertiary/aromatic N) is 4. The van der Waals surface area contributed by atoms with Gasteiger partial charge >= 0.3 is 0 Å². The zero-order chi connectivity index (χ0) is 14.5. The molecular weight excluding hydrogens is 266 g/mol. The van der Waals surface area contributed by atoms with Crippen molar-refractivity contribution in [2.24, 2.45) is 0 Å². The monoisotopic (exact) mass is 283 g/mol. The molecule has 0 unspecified atom stereocenters. The molecule has 1 aromatic carbocycles. The van der Waals surface area contributed by atoms with E-state index in [1.807, 2.05) is 30.3 Å². The van der Waals surface area contributed by atoms with Gasteiger partial charge in [-0.1, -0.05) is 25.0 Å². The summed E-state index contributed by atoms with van der Waals surface area (Å²) in [5.41, 5.74) is 1.85. The van der Waals surface area contributed by atoms with Gasteiger partial charge in [0.15, 0.2) is 0 Å². The Kier molecular flexibility index (Phi) is 4.04. The SMILES string of the molecule is O=C(/C=C/c1ccc(-n2cnnn2)cc1)NC1CCCC1. The van der Waals surface area contributed by atoms with Crippen LogP contribution in [-0.4, -0.2) is 32.2 Å². The second-order valence-electron chi connectivity index (χ2n) is 5.17. The number of nitrogens with one attached hydrogen (secondary N) is 1. The van der Waals surface area contributed by atoms with Crippen molar-refractivity contribution in [3.63, 3.8) is 0 Å². The first kappa shape index (κ1) is 13.5. The molecule has 1 aromatic heterocycles. The minimum Gasteiger partial charge on any atom is -0.350 e. The molecule has 0 radical (unpaired) electrons. The van der Waals surface area contributed by atoms with E-state index in [2.05, 4.69) is 20.8 Å². The average molecular weight is 283 g/mol. The molecule has 0 saturated heterocycles. The van der Waals surface area contributed by atoms with E-state index in [1.165, 1.54) is 12.8 Å². The van der Waals surface area contributed by atoms with Crippen LogP contribution in [0.15, 0.2) is 36.7 Å². The first-order valence-corrected chi connectivity index (χ1v) is 7.13. The van der Waals surface area contributed by atoms with Crippen LogP contribution in [0.4, 0.5) is 0 Å². The van der Waals surface area contributed by atoms with E-state index in [4.69, 9.17) is 0 Å². The quantitative estimate of drug-likeness (QED) is 0.867. The summed E-state index contributed by atoms with van der Waals surface area (Å²) in [6.07, 6.45) is 9.57. The number of amides is 1. The van der Waals surface area contributed by atoms with Gasteiger partial charge in [0, 0.05) is 12.1 Å². The molecule has 21 heavy (non-hydrogen) atoms. The van der Waals surface area contributed by atoms with Gasteiger partial charge in [-0.15, -0.1) is 5.10 Å². The second-order valence-corrected chi connectivity index (χ2v) is 5.17. The van der Waals surface area contributed by atoms with E-state index in [-0.39, 0.29) is 5.91 Å². The highest BCUT2D eigenvalue weighted by atomic mass is 16.1. The molecule has 2 aromatic rings. The molecule has 0 bridgehead atoms. The topological polar surface area (TPSA) is 72.7 Å². The summed E-state index contributed by atoms with van der Waals surface area (Å²) in [5, 5.41) is 14.0. The van der Waals surface area contributed by atoms with Crippen molar-refractivity contribution < 1.29 is 4.79 Å². The summed E-state index contributed by atoms with van der Waals surface area (Å²) in [6, 6.07) is 8.02. The molecule has 108 valence electrons. The van der Waals surface area contributed by atoms with E-state index in [1.54, 1.807) is 17.1 Å². The fourth-order valence-electron chi connectivity index (χ4n) is 2.51. The molecule has 0 aliphatic heterocycles. The zero-order valence-electron chi connectivity index (χ0n) is 11.6. The Morgan fingerprint density at radius 1 is 1.24 bits per heavy atom. The van der Waals surface area contributed by atoms with Gasteiger partial charge in [0.25, 0.3) is 0 Å². The number of aromatic nitrogens is 4.